The lowest BCUT2D eigenvalue weighted by Gasteiger charge is -2.24. The van der Waals surface area contributed by atoms with E-state index >= 15 is 0 Å². The molecular formula is C12H12BrFN4O2. The minimum atomic E-state index is -1.29. The topological polar surface area (TPSA) is 80.9 Å². The maximum Gasteiger partial charge on any atom is 0.331 e. The molecule has 0 aliphatic heterocycles. The monoisotopic (exact) mass is 342 g/mol. The Morgan fingerprint density at radius 2 is 2.20 bits per heavy atom. The standard InChI is InChI=1S/C12H12BrFN4O2/c1-3-12(2,11(19)20)18-10(15-16-17-18)7-4-8(13)6-9(14)5-7/h4-6H,3H2,1-2H3,(H,19,20). The number of carboxylic acids is 1. The van der Waals surface area contributed by atoms with Gasteiger partial charge in [-0.3, -0.25) is 0 Å². The molecular weight excluding hydrogens is 331 g/mol. The second kappa shape index (κ2) is 5.28. The minimum absolute atomic E-state index is 0.206. The average Bonchev–Trinajstić information content (AvgIpc) is 2.86. The Labute approximate surface area is 122 Å². The van der Waals surface area contributed by atoms with Crippen LogP contribution in [0.5, 0.6) is 0 Å². The van der Waals surface area contributed by atoms with Gasteiger partial charge in [-0.1, -0.05) is 22.9 Å². The first-order valence-electron chi connectivity index (χ1n) is 5.87. The van der Waals surface area contributed by atoms with Crippen LogP contribution in [0.1, 0.15) is 20.3 Å². The molecule has 0 aliphatic carbocycles. The maximum atomic E-state index is 13.5. The fraction of sp³-hybridized carbons (Fsp3) is 0.333. The van der Waals surface area contributed by atoms with Crippen molar-refractivity contribution in [2.24, 2.45) is 0 Å². The lowest BCUT2D eigenvalue weighted by Crippen LogP contribution is -2.39. The van der Waals surface area contributed by atoms with Gasteiger partial charge in [0, 0.05) is 10.0 Å². The predicted octanol–water partition coefficient (Wildman–Crippen LogP) is 2.45. The largest absolute Gasteiger partial charge is 0.479 e. The van der Waals surface area contributed by atoms with Crippen LogP contribution in [0.2, 0.25) is 0 Å². The zero-order chi connectivity index (χ0) is 14.9. The van der Waals surface area contributed by atoms with E-state index in [1.165, 1.54) is 23.7 Å². The van der Waals surface area contributed by atoms with Crippen molar-refractivity contribution < 1.29 is 14.3 Å². The molecule has 1 aromatic carbocycles. The zero-order valence-electron chi connectivity index (χ0n) is 10.8. The van der Waals surface area contributed by atoms with E-state index in [9.17, 15) is 14.3 Å². The van der Waals surface area contributed by atoms with Gasteiger partial charge in [-0.2, -0.15) is 0 Å². The minimum Gasteiger partial charge on any atom is -0.479 e. The first kappa shape index (κ1) is 14.6. The van der Waals surface area contributed by atoms with E-state index in [-0.39, 0.29) is 12.2 Å². The van der Waals surface area contributed by atoms with E-state index in [1.807, 2.05) is 0 Å². The highest BCUT2D eigenvalue weighted by Crippen LogP contribution is 2.28. The van der Waals surface area contributed by atoms with Crippen molar-refractivity contribution in [3.05, 3.63) is 28.5 Å². The SMILES string of the molecule is CCC(C)(C(=O)O)n1nnnc1-c1cc(F)cc(Br)c1. The van der Waals surface area contributed by atoms with Gasteiger partial charge >= 0.3 is 5.97 Å². The number of tetrazole rings is 1. The lowest BCUT2D eigenvalue weighted by molar-refractivity contribution is -0.147. The van der Waals surface area contributed by atoms with Crippen molar-refractivity contribution in [2.45, 2.75) is 25.8 Å². The average molecular weight is 343 g/mol. The molecule has 0 fully saturated rings. The smallest absolute Gasteiger partial charge is 0.331 e. The number of halogens is 2. The van der Waals surface area contributed by atoms with E-state index in [1.54, 1.807) is 13.0 Å². The van der Waals surface area contributed by atoms with Crippen LogP contribution in [0.4, 0.5) is 4.39 Å². The Balaban J connectivity index is 2.61. The molecule has 1 atom stereocenters. The molecule has 8 heteroatoms. The molecule has 2 aromatic rings. The lowest BCUT2D eigenvalue weighted by atomic mass is 9.99. The Morgan fingerprint density at radius 1 is 1.50 bits per heavy atom. The van der Waals surface area contributed by atoms with Crippen LogP contribution < -0.4 is 0 Å². The third kappa shape index (κ3) is 2.43. The summed E-state index contributed by atoms with van der Waals surface area (Å²) in [6.45, 7) is 3.24. The van der Waals surface area contributed by atoms with Crippen LogP contribution in [0.25, 0.3) is 11.4 Å². The predicted molar refractivity (Wildman–Crippen MR) is 72.5 cm³/mol. The molecule has 0 amide bonds. The Kier molecular flexibility index (Phi) is 3.85. The second-order valence-electron chi connectivity index (χ2n) is 4.50. The molecule has 0 saturated carbocycles. The Hall–Kier alpha value is -1.83. The van der Waals surface area contributed by atoms with E-state index in [0.717, 1.165) is 0 Å². The third-order valence-corrected chi connectivity index (χ3v) is 3.66. The summed E-state index contributed by atoms with van der Waals surface area (Å²) in [4.78, 5) is 11.5. The number of nitrogens with zero attached hydrogens (tertiary/aromatic N) is 4. The zero-order valence-corrected chi connectivity index (χ0v) is 12.4. The maximum absolute atomic E-state index is 13.5. The van der Waals surface area contributed by atoms with Crippen LogP contribution in [0, 0.1) is 5.82 Å². The number of hydrogen-bond donors (Lipinski definition) is 1. The molecule has 1 unspecified atom stereocenters. The van der Waals surface area contributed by atoms with Crippen molar-refractivity contribution >= 4 is 21.9 Å². The summed E-state index contributed by atoms with van der Waals surface area (Å²) in [5.74, 6) is -1.31. The molecule has 1 N–H and O–H groups in total. The van der Waals surface area contributed by atoms with Gasteiger partial charge < -0.3 is 5.11 Å². The number of carboxylic acid groups (broad SMARTS) is 1. The fourth-order valence-electron chi connectivity index (χ4n) is 1.77. The van der Waals surface area contributed by atoms with Gasteiger partial charge in [0.05, 0.1) is 0 Å². The first-order chi connectivity index (χ1) is 9.38. The number of hydrogen-bond acceptors (Lipinski definition) is 4. The molecule has 1 heterocycles. The summed E-state index contributed by atoms with van der Waals surface area (Å²) in [6.07, 6.45) is 0.289. The van der Waals surface area contributed by atoms with Crippen LogP contribution in [0.15, 0.2) is 22.7 Å². The molecule has 0 bridgehead atoms. The molecule has 106 valence electrons. The summed E-state index contributed by atoms with van der Waals surface area (Å²) in [5, 5.41) is 20.5. The number of carbonyl (C=O) groups is 1. The second-order valence-corrected chi connectivity index (χ2v) is 5.42. The van der Waals surface area contributed by atoms with Crippen LogP contribution in [-0.2, 0) is 10.3 Å². The van der Waals surface area contributed by atoms with Gasteiger partial charge in [-0.25, -0.2) is 13.9 Å². The van der Waals surface area contributed by atoms with Gasteiger partial charge in [-0.05, 0) is 42.0 Å². The summed E-state index contributed by atoms with van der Waals surface area (Å²) in [6, 6.07) is 4.18. The first-order valence-corrected chi connectivity index (χ1v) is 6.66. The molecule has 6 nitrogen and oxygen atoms in total. The summed E-state index contributed by atoms with van der Waals surface area (Å²) in [5.41, 5.74) is -0.889. The van der Waals surface area contributed by atoms with Gasteiger partial charge in [-0.15, -0.1) is 5.10 Å². The van der Waals surface area contributed by atoms with Crippen molar-refractivity contribution in [3.63, 3.8) is 0 Å². The molecule has 20 heavy (non-hydrogen) atoms. The molecule has 2 rings (SSSR count). The van der Waals surface area contributed by atoms with Crippen LogP contribution in [-0.4, -0.2) is 31.3 Å². The number of aromatic nitrogens is 4. The highest BCUT2D eigenvalue weighted by molar-refractivity contribution is 9.10. The van der Waals surface area contributed by atoms with Gasteiger partial charge in [0.25, 0.3) is 0 Å². The van der Waals surface area contributed by atoms with E-state index < -0.39 is 17.3 Å². The van der Waals surface area contributed by atoms with Crippen molar-refractivity contribution in [3.8, 4) is 11.4 Å². The van der Waals surface area contributed by atoms with Gasteiger partial charge in [0.2, 0.25) is 0 Å². The third-order valence-electron chi connectivity index (χ3n) is 3.21. The van der Waals surface area contributed by atoms with Crippen molar-refractivity contribution in [2.75, 3.05) is 0 Å². The summed E-state index contributed by atoms with van der Waals surface area (Å²) >= 11 is 3.19. The fourth-order valence-corrected chi connectivity index (χ4v) is 2.24. The van der Waals surface area contributed by atoms with E-state index in [4.69, 9.17) is 0 Å². The Bertz CT molecular complexity index is 640. The number of rotatable bonds is 4. The van der Waals surface area contributed by atoms with Gasteiger partial charge in [0.15, 0.2) is 11.4 Å². The van der Waals surface area contributed by atoms with Crippen molar-refractivity contribution in [1.29, 1.82) is 0 Å². The molecule has 1 aromatic heterocycles. The molecule has 0 radical (unpaired) electrons. The quantitative estimate of drug-likeness (QED) is 0.922. The van der Waals surface area contributed by atoms with Crippen LogP contribution >= 0.6 is 15.9 Å². The summed E-state index contributed by atoms with van der Waals surface area (Å²) < 4.78 is 15.2. The van der Waals surface area contributed by atoms with Crippen molar-refractivity contribution in [1.82, 2.24) is 20.2 Å². The number of benzene rings is 1. The normalized spacial score (nSPS) is 14.0. The highest BCUT2D eigenvalue weighted by atomic mass is 79.9. The highest BCUT2D eigenvalue weighted by Gasteiger charge is 2.37. The molecule has 0 spiro atoms. The van der Waals surface area contributed by atoms with E-state index in [0.29, 0.717) is 10.0 Å². The van der Waals surface area contributed by atoms with Gasteiger partial charge in [0.1, 0.15) is 5.82 Å². The van der Waals surface area contributed by atoms with Crippen LogP contribution in [0.3, 0.4) is 0 Å². The summed E-state index contributed by atoms with van der Waals surface area (Å²) in [7, 11) is 0. The Morgan fingerprint density at radius 3 is 2.75 bits per heavy atom. The number of aliphatic carboxylic acids is 1. The molecule has 0 saturated heterocycles. The molecule has 0 aliphatic rings. The van der Waals surface area contributed by atoms with E-state index in [2.05, 4.69) is 31.5 Å².